The van der Waals surface area contributed by atoms with Gasteiger partial charge in [0.1, 0.15) is 5.15 Å². The Labute approximate surface area is 130 Å². The largest absolute Gasteiger partial charge is 0.478 e. The summed E-state index contributed by atoms with van der Waals surface area (Å²) in [6.45, 7) is 0. The first kappa shape index (κ1) is 15.6. The van der Waals surface area contributed by atoms with E-state index in [-0.39, 0.29) is 26.3 Å². The van der Waals surface area contributed by atoms with Crippen LogP contribution in [0.2, 0.25) is 10.2 Å². The molecule has 0 atom stereocenters. The molecule has 0 aliphatic rings. The minimum atomic E-state index is -3.96. The van der Waals surface area contributed by atoms with Gasteiger partial charge in [-0.2, -0.15) is 0 Å². The molecule has 2 rings (SSSR count). The number of carbonyl (C=O) groups is 1. The highest BCUT2D eigenvalue weighted by atomic mass is 35.5. The van der Waals surface area contributed by atoms with Crippen molar-refractivity contribution in [1.82, 2.24) is 4.98 Å². The lowest BCUT2D eigenvalue weighted by Crippen LogP contribution is -2.14. The second kappa shape index (κ2) is 5.88. The Morgan fingerprint density at radius 2 is 1.90 bits per heavy atom. The van der Waals surface area contributed by atoms with E-state index in [0.717, 1.165) is 6.07 Å². The summed E-state index contributed by atoms with van der Waals surface area (Å²) >= 11 is 11.4. The predicted octanol–water partition coefficient (Wildman–Crippen LogP) is 2.89. The van der Waals surface area contributed by atoms with Crippen LogP contribution in [0, 0.1) is 0 Å². The lowest BCUT2D eigenvalue weighted by molar-refractivity contribution is 0.0697. The Bertz CT molecular complexity index is 809. The molecule has 9 heteroatoms. The van der Waals surface area contributed by atoms with Gasteiger partial charge in [0.15, 0.2) is 0 Å². The smallest absolute Gasteiger partial charge is 0.337 e. The van der Waals surface area contributed by atoms with E-state index in [1.807, 2.05) is 0 Å². The number of benzene rings is 1. The zero-order valence-electron chi connectivity index (χ0n) is 10.2. The average Bonchev–Trinajstić information content (AvgIpc) is 2.38. The third-order valence-corrected chi connectivity index (χ3v) is 4.37. The molecule has 0 spiro atoms. The fourth-order valence-corrected chi connectivity index (χ4v) is 2.96. The number of sulfonamides is 1. The lowest BCUT2D eigenvalue weighted by atomic mass is 10.2. The van der Waals surface area contributed by atoms with Crippen molar-refractivity contribution in [2.75, 3.05) is 4.72 Å². The summed E-state index contributed by atoms with van der Waals surface area (Å²) in [5.74, 6) is -1.32. The van der Waals surface area contributed by atoms with Crippen LogP contribution in [-0.2, 0) is 10.0 Å². The number of pyridine rings is 1. The minimum Gasteiger partial charge on any atom is -0.478 e. The molecule has 1 heterocycles. The van der Waals surface area contributed by atoms with E-state index in [4.69, 9.17) is 28.3 Å². The summed E-state index contributed by atoms with van der Waals surface area (Å²) in [7, 11) is -3.96. The summed E-state index contributed by atoms with van der Waals surface area (Å²) in [5.41, 5.74) is -0.0888. The van der Waals surface area contributed by atoms with Crippen molar-refractivity contribution >= 4 is 44.9 Å². The van der Waals surface area contributed by atoms with Crippen LogP contribution in [0.4, 0.5) is 5.69 Å². The van der Waals surface area contributed by atoms with Crippen LogP contribution >= 0.6 is 23.2 Å². The minimum absolute atomic E-state index is 0.0478. The number of anilines is 1. The molecule has 0 aliphatic heterocycles. The third kappa shape index (κ3) is 3.63. The van der Waals surface area contributed by atoms with Gasteiger partial charge in [-0.05, 0) is 30.3 Å². The van der Waals surface area contributed by atoms with Gasteiger partial charge in [0, 0.05) is 6.20 Å². The van der Waals surface area contributed by atoms with E-state index in [1.165, 1.54) is 30.5 Å². The average molecular weight is 347 g/mol. The van der Waals surface area contributed by atoms with E-state index >= 15 is 0 Å². The molecule has 2 N–H and O–H groups in total. The van der Waals surface area contributed by atoms with Crippen molar-refractivity contribution in [1.29, 1.82) is 0 Å². The van der Waals surface area contributed by atoms with Gasteiger partial charge < -0.3 is 5.11 Å². The topological polar surface area (TPSA) is 96.4 Å². The Morgan fingerprint density at radius 3 is 2.52 bits per heavy atom. The fourth-order valence-electron chi connectivity index (χ4n) is 1.52. The van der Waals surface area contributed by atoms with Gasteiger partial charge in [-0.1, -0.05) is 23.2 Å². The second-order valence-electron chi connectivity index (χ2n) is 3.92. The highest BCUT2D eigenvalue weighted by molar-refractivity contribution is 7.92. The van der Waals surface area contributed by atoms with Crippen LogP contribution in [0.15, 0.2) is 41.4 Å². The van der Waals surface area contributed by atoms with Gasteiger partial charge in [0.25, 0.3) is 10.0 Å². The van der Waals surface area contributed by atoms with Crippen LogP contribution in [0.3, 0.4) is 0 Å². The van der Waals surface area contributed by atoms with Crippen LogP contribution < -0.4 is 4.72 Å². The first-order valence-electron chi connectivity index (χ1n) is 5.47. The first-order chi connectivity index (χ1) is 9.79. The molecule has 1 aromatic heterocycles. The van der Waals surface area contributed by atoms with E-state index in [2.05, 4.69) is 9.71 Å². The third-order valence-electron chi connectivity index (χ3n) is 2.46. The number of halogens is 2. The maximum Gasteiger partial charge on any atom is 0.337 e. The second-order valence-corrected chi connectivity index (χ2v) is 6.40. The monoisotopic (exact) mass is 346 g/mol. The highest BCUT2D eigenvalue weighted by Crippen LogP contribution is 2.23. The normalized spacial score (nSPS) is 11.1. The van der Waals surface area contributed by atoms with Gasteiger partial charge in [-0.25, -0.2) is 18.2 Å². The van der Waals surface area contributed by atoms with E-state index < -0.39 is 16.0 Å². The number of carboxylic acids is 1. The summed E-state index contributed by atoms with van der Waals surface area (Å²) < 4.78 is 26.6. The van der Waals surface area contributed by atoms with Crippen LogP contribution in [0.5, 0.6) is 0 Å². The molecule has 6 nitrogen and oxygen atoms in total. The van der Waals surface area contributed by atoms with Crippen molar-refractivity contribution < 1.29 is 18.3 Å². The van der Waals surface area contributed by atoms with Crippen LogP contribution in [0.1, 0.15) is 10.4 Å². The van der Waals surface area contributed by atoms with Gasteiger partial charge in [-0.3, -0.25) is 4.72 Å². The van der Waals surface area contributed by atoms with Gasteiger partial charge >= 0.3 is 5.97 Å². The van der Waals surface area contributed by atoms with Crippen molar-refractivity contribution in [2.45, 2.75) is 4.90 Å². The molecule has 0 aliphatic carbocycles. The quantitative estimate of drug-likeness (QED) is 0.829. The molecular formula is C12H8Cl2N2O4S. The molecule has 110 valence electrons. The maximum absolute atomic E-state index is 12.2. The molecule has 1 aromatic carbocycles. The number of aromatic carboxylic acids is 1. The molecule has 0 saturated heterocycles. The van der Waals surface area contributed by atoms with Crippen molar-refractivity contribution in [2.24, 2.45) is 0 Å². The maximum atomic E-state index is 12.2. The number of hydrogen-bond donors (Lipinski definition) is 2. The van der Waals surface area contributed by atoms with Crippen molar-refractivity contribution in [3.63, 3.8) is 0 Å². The van der Waals surface area contributed by atoms with E-state index in [0.29, 0.717) is 0 Å². The molecule has 0 saturated carbocycles. The van der Waals surface area contributed by atoms with Gasteiger partial charge in [-0.15, -0.1) is 0 Å². The SMILES string of the molecule is O=C(O)c1cc(S(=O)(=O)Nc2ccnc(Cl)c2)ccc1Cl. The molecule has 21 heavy (non-hydrogen) atoms. The fraction of sp³-hybridized carbons (Fsp3) is 0. The number of nitrogens with one attached hydrogen (secondary N) is 1. The van der Waals surface area contributed by atoms with Gasteiger partial charge in [0.05, 0.1) is 21.2 Å². The number of carboxylic acid groups (broad SMARTS) is 1. The van der Waals surface area contributed by atoms with Crippen molar-refractivity contribution in [3.05, 3.63) is 52.3 Å². The Hall–Kier alpha value is -1.83. The Kier molecular flexibility index (Phi) is 4.36. The predicted molar refractivity (Wildman–Crippen MR) is 78.5 cm³/mol. The number of nitrogens with zero attached hydrogens (tertiary/aromatic N) is 1. The van der Waals surface area contributed by atoms with Gasteiger partial charge in [0.2, 0.25) is 0 Å². The van der Waals surface area contributed by atoms with Crippen molar-refractivity contribution in [3.8, 4) is 0 Å². The zero-order chi connectivity index (χ0) is 15.6. The summed E-state index contributed by atoms with van der Waals surface area (Å²) in [4.78, 5) is 14.5. The standard InChI is InChI=1S/C12H8Cl2N2O4S/c13-10-2-1-8(6-9(10)12(17)18)21(19,20)16-7-3-4-15-11(14)5-7/h1-6H,(H,15,16)(H,17,18). The summed E-state index contributed by atoms with van der Waals surface area (Å²) in [6, 6.07) is 6.14. The first-order valence-corrected chi connectivity index (χ1v) is 7.71. The molecule has 0 bridgehead atoms. The summed E-state index contributed by atoms with van der Waals surface area (Å²) in [6.07, 6.45) is 1.34. The number of hydrogen-bond acceptors (Lipinski definition) is 4. The Balaban J connectivity index is 2.40. The Morgan fingerprint density at radius 1 is 1.19 bits per heavy atom. The number of aromatic nitrogens is 1. The summed E-state index contributed by atoms with van der Waals surface area (Å²) in [5, 5.41) is 9.03. The molecule has 0 amide bonds. The lowest BCUT2D eigenvalue weighted by Gasteiger charge is -2.09. The van der Waals surface area contributed by atoms with E-state index in [9.17, 15) is 13.2 Å². The number of rotatable bonds is 4. The molecule has 0 fully saturated rings. The van der Waals surface area contributed by atoms with E-state index in [1.54, 1.807) is 0 Å². The zero-order valence-corrected chi connectivity index (χ0v) is 12.6. The molecule has 0 radical (unpaired) electrons. The molecule has 2 aromatic rings. The van der Waals surface area contributed by atoms with Crippen LogP contribution in [-0.4, -0.2) is 24.5 Å². The molecular weight excluding hydrogens is 339 g/mol. The highest BCUT2D eigenvalue weighted by Gasteiger charge is 2.18. The van der Waals surface area contributed by atoms with Crippen LogP contribution in [0.25, 0.3) is 0 Å². The molecule has 0 unspecified atom stereocenters.